The normalized spacial score (nSPS) is 11.2. The molecule has 1 N–H and O–H groups in total. The predicted octanol–water partition coefficient (Wildman–Crippen LogP) is 3.98. The van der Waals surface area contributed by atoms with E-state index in [0.29, 0.717) is 6.54 Å². The number of methoxy groups -OCH3 is 1. The lowest BCUT2D eigenvalue weighted by atomic mass is 9.83. The van der Waals surface area contributed by atoms with Gasteiger partial charge in [-0.1, -0.05) is 32.9 Å². The molecule has 3 nitrogen and oxygen atoms in total. The summed E-state index contributed by atoms with van der Waals surface area (Å²) in [6.07, 6.45) is 0. The van der Waals surface area contributed by atoms with Crippen LogP contribution in [0.1, 0.15) is 41.6 Å². The van der Waals surface area contributed by atoms with Crippen LogP contribution in [0.2, 0.25) is 0 Å². The first-order valence-electron chi connectivity index (χ1n) is 6.91. The molecule has 0 unspecified atom stereocenters. The Morgan fingerprint density at radius 3 is 2.62 bits per heavy atom. The van der Waals surface area contributed by atoms with Gasteiger partial charge in [-0.05, 0) is 40.1 Å². The maximum absolute atomic E-state index is 12.0. The molecule has 0 aliphatic carbocycles. The quantitative estimate of drug-likeness (QED) is 0.927. The Labute approximate surface area is 130 Å². The molecule has 0 spiro atoms. The van der Waals surface area contributed by atoms with E-state index < -0.39 is 0 Å². The summed E-state index contributed by atoms with van der Waals surface area (Å²) < 4.78 is 5.30. The van der Waals surface area contributed by atoms with Crippen LogP contribution in [0.3, 0.4) is 0 Å². The van der Waals surface area contributed by atoms with Crippen molar-refractivity contribution in [1.82, 2.24) is 5.32 Å². The van der Waals surface area contributed by atoms with Gasteiger partial charge in [0.2, 0.25) is 0 Å². The molecule has 0 saturated carbocycles. The molecule has 0 atom stereocenters. The summed E-state index contributed by atoms with van der Waals surface area (Å²) in [5, 5.41) is 4.89. The zero-order chi connectivity index (χ0) is 15.5. The Bertz CT molecular complexity index is 612. The molecule has 112 valence electrons. The van der Waals surface area contributed by atoms with Crippen LogP contribution >= 0.6 is 11.3 Å². The summed E-state index contributed by atoms with van der Waals surface area (Å²) in [7, 11) is 1.67. The van der Waals surface area contributed by atoms with Crippen molar-refractivity contribution in [3.8, 4) is 5.75 Å². The fourth-order valence-corrected chi connectivity index (χ4v) is 2.85. The van der Waals surface area contributed by atoms with Crippen LogP contribution in [0.4, 0.5) is 0 Å². The highest BCUT2D eigenvalue weighted by molar-refractivity contribution is 7.12. The Hall–Kier alpha value is -1.81. The number of nitrogens with one attached hydrogen (secondary N) is 1. The largest absolute Gasteiger partial charge is 0.497 e. The summed E-state index contributed by atoms with van der Waals surface area (Å²) in [6, 6.07) is 9.72. The molecular weight excluding hydrogens is 282 g/mol. The first-order valence-corrected chi connectivity index (χ1v) is 7.79. The van der Waals surface area contributed by atoms with Gasteiger partial charge in [-0.15, -0.1) is 11.3 Å². The fraction of sp³-hybridized carbons (Fsp3) is 0.353. The predicted molar refractivity (Wildman–Crippen MR) is 87.2 cm³/mol. The smallest absolute Gasteiger partial charge is 0.261 e. The van der Waals surface area contributed by atoms with E-state index in [1.807, 2.05) is 35.7 Å². The molecule has 0 saturated heterocycles. The van der Waals surface area contributed by atoms with Gasteiger partial charge in [0.1, 0.15) is 5.75 Å². The van der Waals surface area contributed by atoms with E-state index in [1.165, 1.54) is 16.9 Å². The lowest BCUT2D eigenvalue weighted by molar-refractivity contribution is 0.0954. The fourth-order valence-electron chi connectivity index (χ4n) is 2.21. The minimum absolute atomic E-state index is 0.00245. The lowest BCUT2D eigenvalue weighted by Crippen LogP contribution is -2.24. The van der Waals surface area contributed by atoms with Crippen LogP contribution < -0.4 is 10.1 Å². The van der Waals surface area contributed by atoms with Gasteiger partial charge in [0, 0.05) is 6.54 Å². The molecule has 21 heavy (non-hydrogen) atoms. The minimum Gasteiger partial charge on any atom is -0.497 e. The molecule has 1 amide bonds. The minimum atomic E-state index is -0.0272. The van der Waals surface area contributed by atoms with Crippen molar-refractivity contribution in [3.63, 3.8) is 0 Å². The molecule has 0 aliphatic heterocycles. The van der Waals surface area contributed by atoms with E-state index in [9.17, 15) is 4.79 Å². The number of hydrogen-bond acceptors (Lipinski definition) is 3. The average molecular weight is 303 g/mol. The molecular formula is C17H21NO2S. The summed E-state index contributed by atoms with van der Waals surface area (Å²) in [6.45, 7) is 7.00. The Kier molecular flexibility index (Phi) is 4.68. The van der Waals surface area contributed by atoms with Gasteiger partial charge in [-0.2, -0.15) is 0 Å². The first-order chi connectivity index (χ1) is 9.91. The maximum atomic E-state index is 12.0. The number of thiophene rings is 1. The maximum Gasteiger partial charge on any atom is 0.261 e. The second-order valence-corrected chi connectivity index (χ2v) is 6.88. The molecule has 1 aromatic carbocycles. The van der Waals surface area contributed by atoms with E-state index in [2.05, 4.69) is 26.1 Å². The number of ether oxygens (including phenoxy) is 1. The third-order valence-electron chi connectivity index (χ3n) is 3.31. The molecule has 0 bridgehead atoms. The zero-order valence-corrected chi connectivity index (χ0v) is 13.7. The third-order valence-corrected chi connectivity index (χ3v) is 4.18. The van der Waals surface area contributed by atoms with Crippen LogP contribution in [0, 0.1) is 0 Å². The van der Waals surface area contributed by atoms with Crippen molar-refractivity contribution in [1.29, 1.82) is 0 Å². The lowest BCUT2D eigenvalue weighted by Gasteiger charge is -2.24. The average Bonchev–Trinajstić information content (AvgIpc) is 2.97. The van der Waals surface area contributed by atoms with E-state index in [4.69, 9.17) is 4.74 Å². The number of amides is 1. The second kappa shape index (κ2) is 6.31. The Balaban J connectivity index is 2.18. The van der Waals surface area contributed by atoms with E-state index in [-0.39, 0.29) is 11.3 Å². The molecule has 0 radical (unpaired) electrons. The van der Waals surface area contributed by atoms with Crippen molar-refractivity contribution in [2.24, 2.45) is 0 Å². The SMILES string of the molecule is COc1ccc(CNC(=O)c2cccs2)c(C(C)(C)C)c1. The van der Waals surface area contributed by atoms with Crippen molar-refractivity contribution in [3.05, 3.63) is 51.7 Å². The van der Waals surface area contributed by atoms with Crippen LogP contribution in [0.5, 0.6) is 5.75 Å². The molecule has 1 heterocycles. The van der Waals surface area contributed by atoms with Gasteiger partial charge in [0.25, 0.3) is 5.91 Å². The van der Waals surface area contributed by atoms with Gasteiger partial charge >= 0.3 is 0 Å². The van der Waals surface area contributed by atoms with Gasteiger partial charge in [0.05, 0.1) is 12.0 Å². The third kappa shape index (κ3) is 3.85. The van der Waals surface area contributed by atoms with E-state index in [1.54, 1.807) is 7.11 Å². The monoisotopic (exact) mass is 303 g/mol. The van der Waals surface area contributed by atoms with Crippen molar-refractivity contribution in [2.75, 3.05) is 7.11 Å². The topological polar surface area (TPSA) is 38.3 Å². The van der Waals surface area contributed by atoms with Gasteiger partial charge in [-0.25, -0.2) is 0 Å². The summed E-state index contributed by atoms with van der Waals surface area (Å²) in [5.41, 5.74) is 2.30. The van der Waals surface area contributed by atoms with Crippen molar-refractivity contribution >= 4 is 17.2 Å². The van der Waals surface area contributed by atoms with E-state index in [0.717, 1.165) is 16.2 Å². The van der Waals surface area contributed by atoms with Crippen LogP contribution in [0.25, 0.3) is 0 Å². The molecule has 1 aromatic heterocycles. The zero-order valence-electron chi connectivity index (χ0n) is 12.9. The Morgan fingerprint density at radius 1 is 1.29 bits per heavy atom. The van der Waals surface area contributed by atoms with Crippen LogP contribution in [-0.2, 0) is 12.0 Å². The van der Waals surface area contributed by atoms with Gasteiger partial charge in [-0.3, -0.25) is 4.79 Å². The number of benzene rings is 1. The van der Waals surface area contributed by atoms with Crippen LogP contribution in [-0.4, -0.2) is 13.0 Å². The molecule has 0 fully saturated rings. The highest BCUT2D eigenvalue weighted by Crippen LogP contribution is 2.29. The van der Waals surface area contributed by atoms with Crippen molar-refractivity contribution < 1.29 is 9.53 Å². The molecule has 0 aliphatic rings. The first kappa shape index (κ1) is 15.6. The summed E-state index contributed by atoms with van der Waals surface area (Å²) in [5.74, 6) is 0.814. The number of hydrogen-bond donors (Lipinski definition) is 1. The molecule has 4 heteroatoms. The van der Waals surface area contributed by atoms with Crippen molar-refractivity contribution in [2.45, 2.75) is 32.7 Å². The summed E-state index contributed by atoms with van der Waals surface area (Å²) >= 11 is 1.45. The molecule has 2 aromatic rings. The number of carbonyl (C=O) groups excluding carboxylic acids is 1. The number of rotatable bonds is 4. The highest BCUT2D eigenvalue weighted by Gasteiger charge is 2.19. The number of carbonyl (C=O) groups is 1. The van der Waals surface area contributed by atoms with E-state index >= 15 is 0 Å². The summed E-state index contributed by atoms with van der Waals surface area (Å²) in [4.78, 5) is 12.8. The van der Waals surface area contributed by atoms with Crippen LogP contribution in [0.15, 0.2) is 35.7 Å². The molecule has 2 rings (SSSR count). The van der Waals surface area contributed by atoms with Gasteiger partial charge in [0.15, 0.2) is 0 Å². The second-order valence-electron chi connectivity index (χ2n) is 5.93. The Morgan fingerprint density at radius 2 is 2.05 bits per heavy atom. The highest BCUT2D eigenvalue weighted by atomic mass is 32.1. The van der Waals surface area contributed by atoms with Gasteiger partial charge < -0.3 is 10.1 Å². The standard InChI is InChI=1S/C17H21NO2S/c1-17(2,3)14-10-13(20-4)8-7-12(14)11-18-16(19)15-6-5-9-21-15/h5-10H,11H2,1-4H3,(H,18,19).